The van der Waals surface area contributed by atoms with E-state index >= 15 is 0 Å². The molecule has 0 amide bonds. The van der Waals surface area contributed by atoms with Gasteiger partial charge in [-0.15, -0.1) is 14.3 Å². The van der Waals surface area contributed by atoms with Gasteiger partial charge < -0.3 is 10.2 Å². The fourth-order valence-corrected chi connectivity index (χ4v) is 1.89. The van der Waals surface area contributed by atoms with Crippen LogP contribution in [0.4, 0.5) is 0 Å². The molecule has 0 spiro atoms. The third kappa shape index (κ3) is 2.40. The van der Waals surface area contributed by atoms with Crippen molar-refractivity contribution in [1.29, 1.82) is 0 Å². The van der Waals surface area contributed by atoms with Crippen molar-refractivity contribution >= 4 is 15.2 Å². The number of hydrogen-bond donors (Lipinski definition) is 1. The predicted octanol–water partition coefficient (Wildman–Crippen LogP) is 1.70. The van der Waals surface area contributed by atoms with Crippen molar-refractivity contribution in [3.63, 3.8) is 0 Å². The second kappa shape index (κ2) is 5.53. The summed E-state index contributed by atoms with van der Waals surface area (Å²) >= 11 is 0. The number of hydrogen-bond acceptors (Lipinski definition) is 5. The van der Waals surface area contributed by atoms with E-state index in [2.05, 4.69) is 31.2 Å². The third-order valence-corrected chi connectivity index (χ3v) is 3.06. The van der Waals surface area contributed by atoms with E-state index in [1.807, 2.05) is 19.7 Å². The summed E-state index contributed by atoms with van der Waals surface area (Å²) in [6, 6.07) is 3.75. The van der Waals surface area contributed by atoms with Gasteiger partial charge in [0.2, 0.25) is 11.8 Å². The van der Waals surface area contributed by atoms with E-state index in [1.54, 1.807) is 17.0 Å². The van der Waals surface area contributed by atoms with Crippen LogP contribution in [0.2, 0.25) is 0 Å². The van der Waals surface area contributed by atoms with Crippen LogP contribution < -0.4 is 5.73 Å². The Morgan fingerprint density at radius 2 is 2.11 bits per heavy atom. The van der Waals surface area contributed by atoms with E-state index in [-0.39, 0.29) is 12.0 Å². The molecule has 3 heterocycles. The number of furan rings is 1. The first-order valence-corrected chi connectivity index (χ1v) is 7.24. The number of fused-ring (bicyclic) bond motifs is 1. The van der Waals surface area contributed by atoms with Crippen molar-refractivity contribution < 1.29 is 4.42 Å². The maximum absolute atomic E-state index is 5.85. The van der Waals surface area contributed by atoms with Crippen LogP contribution in [0, 0.1) is 0 Å². The zero-order valence-electron chi connectivity index (χ0n) is 11.2. The number of rotatable bonds is 1. The van der Waals surface area contributed by atoms with Crippen molar-refractivity contribution in [1.82, 2.24) is 14.8 Å². The first-order chi connectivity index (χ1) is 9.16. The number of aliphatic imine (C=N–C) groups is 1. The van der Waals surface area contributed by atoms with Crippen molar-refractivity contribution in [3.05, 3.63) is 24.2 Å². The molecule has 3 atom stereocenters. The van der Waals surface area contributed by atoms with Gasteiger partial charge >= 0.3 is 0 Å². The largest absolute Gasteiger partial charge is 0.461 e. The van der Waals surface area contributed by atoms with Crippen LogP contribution >= 0.6 is 9.24 Å². The van der Waals surface area contributed by atoms with E-state index in [0.717, 1.165) is 5.82 Å². The van der Waals surface area contributed by atoms with Gasteiger partial charge in [0.25, 0.3) is 0 Å². The zero-order valence-corrected chi connectivity index (χ0v) is 12.4. The van der Waals surface area contributed by atoms with Crippen LogP contribution in [-0.2, 0) is 0 Å². The maximum Gasteiger partial charge on any atom is 0.218 e. The van der Waals surface area contributed by atoms with Gasteiger partial charge in [-0.1, -0.05) is 13.6 Å². The lowest BCUT2D eigenvalue weighted by atomic mass is 10.0. The zero-order chi connectivity index (χ0) is 14.0. The quantitative estimate of drug-likeness (QED) is 0.805. The maximum atomic E-state index is 5.85. The van der Waals surface area contributed by atoms with Crippen LogP contribution in [-0.4, -0.2) is 33.4 Å². The third-order valence-electron chi connectivity index (χ3n) is 3.06. The van der Waals surface area contributed by atoms with Crippen LogP contribution in [0.25, 0.3) is 11.6 Å². The van der Waals surface area contributed by atoms with Crippen LogP contribution in [0.3, 0.4) is 0 Å². The normalized spacial score (nSPS) is 21.2. The summed E-state index contributed by atoms with van der Waals surface area (Å²) < 4.78 is 6.86. The Morgan fingerprint density at radius 3 is 2.74 bits per heavy atom. The predicted molar refractivity (Wildman–Crippen MR) is 78.3 cm³/mol. The SMILES string of the molecule is CC1N=C(N)n2nc(-c3ccco3)nc2C1C.CP. The monoisotopic (exact) mass is 279 g/mol. The van der Waals surface area contributed by atoms with Crippen LogP contribution in [0.5, 0.6) is 0 Å². The summed E-state index contributed by atoms with van der Waals surface area (Å²) in [6.45, 7) is 6.00. The first-order valence-electron chi connectivity index (χ1n) is 6.09. The highest BCUT2D eigenvalue weighted by Crippen LogP contribution is 2.26. The molecule has 6 nitrogen and oxygen atoms in total. The topological polar surface area (TPSA) is 82.2 Å². The van der Waals surface area contributed by atoms with Gasteiger partial charge in [0.1, 0.15) is 5.82 Å². The summed E-state index contributed by atoms with van der Waals surface area (Å²) in [5.74, 6) is 2.59. The summed E-state index contributed by atoms with van der Waals surface area (Å²) in [5, 5.41) is 4.32. The molecule has 7 heteroatoms. The minimum Gasteiger partial charge on any atom is -0.461 e. The molecule has 19 heavy (non-hydrogen) atoms. The molecule has 0 aliphatic carbocycles. The van der Waals surface area contributed by atoms with E-state index in [0.29, 0.717) is 17.5 Å². The van der Waals surface area contributed by atoms with Gasteiger partial charge in [-0.2, -0.15) is 4.68 Å². The molecule has 0 bridgehead atoms. The van der Waals surface area contributed by atoms with Crippen molar-refractivity contribution in [3.8, 4) is 11.6 Å². The first kappa shape index (κ1) is 13.7. The van der Waals surface area contributed by atoms with E-state index in [9.17, 15) is 0 Å². The average molecular weight is 279 g/mol. The van der Waals surface area contributed by atoms with E-state index in [1.165, 1.54) is 0 Å². The molecule has 0 saturated heterocycles. The molecule has 2 aromatic heterocycles. The van der Waals surface area contributed by atoms with E-state index in [4.69, 9.17) is 10.2 Å². The second-order valence-electron chi connectivity index (χ2n) is 4.20. The molecule has 102 valence electrons. The molecule has 1 aliphatic heterocycles. The van der Waals surface area contributed by atoms with Crippen molar-refractivity contribution in [2.45, 2.75) is 25.8 Å². The van der Waals surface area contributed by atoms with Crippen LogP contribution in [0.15, 0.2) is 27.8 Å². The van der Waals surface area contributed by atoms with Crippen LogP contribution in [0.1, 0.15) is 25.6 Å². The molecular weight excluding hydrogens is 261 g/mol. The molecule has 0 saturated carbocycles. The van der Waals surface area contributed by atoms with Gasteiger partial charge in [0, 0.05) is 5.92 Å². The highest BCUT2D eigenvalue weighted by Gasteiger charge is 2.28. The smallest absolute Gasteiger partial charge is 0.218 e. The Balaban J connectivity index is 0.000000637. The van der Waals surface area contributed by atoms with Gasteiger partial charge in [-0.25, -0.2) is 9.98 Å². The summed E-state index contributed by atoms with van der Waals surface area (Å²) in [4.78, 5) is 8.80. The summed E-state index contributed by atoms with van der Waals surface area (Å²) in [7, 11) is 2.42. The van der Waals surface area contributed by atoms with Gasteiger partial charge in [0.05, 0.1) is 12.3 Å². The minimum absolute atomic E-state index is 0.121. The van der Waals surface area contributed by atoms with E-state index < -0.39 is 0 Å². The lowest BCUT2D eigenvalue weighted by Crippen LogP contribution is -2.34. The Bertz CT molecular complexity index is 575. The fourth-order valence-electron chi connectivity index (χ4n) is 1.89. The molecule has 1 aliphatic rings. The standard InChI is InChI=1S/C11H13N5O.CH5P/c1-6-7(2)13-11(12)16-10(6)14-9(15-16)8-4-3-5-17-8;1-2/h3-7H,1-2H3,(H2,12,13);2H2,1H3. The lowest BCUT2D eigenvalue weighted by Gasteiger charge is -2.21. The minimum atomic E-state index is 0.121. The molecule has 0 radical (unpaired) electrons. The molecule has 2 aromatic rings. The van der Waals surface area contributed by atoms with Crippen molar-refractivity contribution in [2.75, 3.05) is 6.66 Å². The van der Waals surface area contributed by atoms with Gasteiger partial charge in [-0.3, -0.25) is 0 Å². The molecule has 2 N–H and O–H groups in total. The molecule has 3 rings (SSSR count). The summed E-state index contributed by atoms with van der Waals surface area (Å²) in [6.07, 6.45) is 1.60. The van der Waals surface area contributed by atoms with Gasteiger partial charge in [-0.05, 0) is 19.1 Å². The Hall–Kier alpha value is -1.68. The van der Waals surface area contributed by atoms with Gasteiger partial charge in [0.15, 0.2) is 5.76 Å². The lowest BCUT2D eigenvalue weighted by molar-refractivity contribution is 0.544. The molecular formula is C12H18N5OP. The second-order valence-corrected chi connectivity index (χ2v) is 4.20. The number of nitrogens with zero attached hydrogens (tertiary/aromatic N) is 4. The fraction of sp³-hybridized carbons (Fsp3) is 0.417. The molecule has 0 aromatic carbocycles. The summed E-state index contributed by atoms with van der Waals surface area (Å²) in [5.41, 5.74) is 5.85. The average Bonchev–Trinajstić information content (AvgIpc) is 3.07. The molecule has 0 fully saturated rings. The Morgan fingerprint density at radius 1 is 1.37 bits per heavy atom. The molecule has 3 unspecified atom stereocenters. The highest BCUT2D eigenvalue weighted by molar-refractivity contribution is 7.15. The van der Waals surface area contributed by atoms with Crippen molar-refractivity contribution in [2.24, 2.45) is 10.7 Å². The Kier molecular flexibility index (Phi) is 4.00. The number of aromatic nitrogens is 3. The Labute approximate surface area is 114 Å². The number of nitrogens with two attached hydrogens (primary N) is 1. The highest BCUT2D eigenvalue weighted by atomic mass is 31.0.